The Bertz CT molecular complexity index is 1150. The van der Waals surface area contributed by atoms with Gasteiger partial charge in [0, 0.05) is 37.8 Å². The monoisotopic (exact) mass is 409 g/mol. The maximum Gasteiger partial charge on any atom is 0.210 e. The van der Waals surface area contributed by atoms with E-state index in [4.69, 9.17) is 0 Å². The van der Waals surface area contributed by atoms with Gasteiger partial charge in [0.25, 0.3) is 0 Å². The molecule has 0 atom stereocenters. The number of aryl methyl sites for hydroxylation is 2. The average Bonchev–Trinajstić information content (AvgIpc) is 2.74. The predicted octanol–water partition coefficient (Wildman–Crippen LogP) is 3.83. The van der Waals surface area contributed by atoms with E-state index in [1.54, 1.807) is 12.1 Å². The normalized spacial score (nSPS) is 15.8. The van der Waals surface area contributed by atoms with Gasteiger partial charge in [0.05, 0.1) is 16.1 Å². The maximum atomic E-state index is 13.6. The van der Waals surface area contributed by atoms with Gasteiger partial charge in [0.1, 0.15) is 4.90 Å². The second-order valence-corrected chi connectivity index (χ2v) is 9.58. The first-order valence-electron chi connectivity index (χ1n) is 10.1. The fourth-order valence-corrected chi connectivity index (χ4v) is 5.45. The van der Waals surface area contributed by atoms with Gasteiger partial charge in [-0.15, -0.1) is 0 Å². The molecule has 0 radical (unpaired) electrons. The van der Waals surface area contributed by atoms with Crippen LogP contribution < -0.4 is 4.90 Å². The van der Waals surface area contributed by atoms with Crippen LogP contribution in [0, 0.1) is 13.8 Å². The number of aromatic nitrogens is 1. The Morgan fingerprint density at radius 1 is 0.966 bits per heavy atom. The highest BCUT2D eigenvalue weighted by atomic mass is 32.2. The van der Waals surface area contributed by atoms with Crippen molar-refractivity contribution >= 4 is 26.4 Å². The van der Waals surface area contributed by atoms with Crippen molar-refractivity contribution in [3.63, 3.8) is 0 Å². The minimum absolute atomic E-state index is 0.296. The molecule has 1 aromatic heterocycles. The number of piperazine rings is 1. The van der Waals surface area contributed by atoms with Gasteiger partial charge in [-0.05, 0) is 49.7 Å². The zero-order chi connectivity index (χ0) is 20.6. The first-order valence-corrected chi connectivity index (χ1v) is 11.6. The van der Waals surface area contributed by atoms with Crippen LogP contribution in [-0.2, 0) is 9.84 Å². The second kappa shape index (κ2) is 7.76. The first-order chi connectivity index (χ1) is 13.9. The van der Waals surface area contributed by atoms with E-state index >= 15 is 0 Å². The molecule has 5 nitrogen and oxygen atoms in total. The molecular formula is C23H27N3O2S. The Morgan fingerprint density at radius 3 is 2.38 bits per heavy atom. The van der Waals surface area contributed by atoms with Crippen molar-refractivity contribution in [3.05, 3.63) is 59.8 Å². The number of fused-ring (bicyclic) bond motifs is 1. The summed E-state index contributed by atoms with van der Waals surface area (Å²) in [6.07, 6.45) is 1.54. The van der Waals surface area contributed by atoms with Gasteiger partial charge in [-0.3, -0.25) is 4.98 Å². The summed E-state index contributed by atoms with van der Waals surface area (Å²) in [6, 6.07) is 13.1. The Kier molecular flexibility index (Phi) is 5.32. The topological polar surface area (TPSA) is 53.5 Å². The van der Waals surface area contributed by atoms with E-state index < -0.39 is 9.84 Å². The van der Waals surface area contributed by atoms with Crippen molar-refractivity contribution in [2.24, 2.45) is 0 Å². The third-order valence-electron chi connectivity index (χ3n) is 5.93. The molecule has 152 valence electrons. The van der Waals surface area contributed by atoms with Crippen molar-refractivity contribution in [3.8, 4) is 0 Å². The number of likely N-dealkylation sites (N-methyl/N-ethyl adjacent to an activating group) is 1. The molecule has 1 saturated heterocycles. The van der Waals surface area contributed by atoms with Crippen LogP contribution in [0.5, 0.6) is 0 Å². The smallest absolute Gasteiger partial charge is 0.210 e. The molecule has 2 heterocycles. The van der Waals surface area contributed by atoms with Crippen molar-refractivity contribution in [2.45, 2.75) is 30.6 Å². The summed E-state index contributed by atoms with van der Waals surface area (Å²) >= 11 is 0. The highest BCUT2D eigenvalue weighted by Crippen LogP contribution is 2.36. The Hall–Kier alpha value is -2.44. The Labute approximate surface area is 172 Å². The minimum atomic E-state index is -3.69. The summed E-state index contributed by atoms with van der Waals surface area (Å²) < 4.78 is 27.3. The van der Waals surface area contributed by atoms with E-state index in [1.807, 2.05) is 44.2 Å². The molecule has 0 spiro atoms. The second-order valence-electron chi connectivity index (χ2n) is 7.66. The molecule has 2 aromatic carbocycles. The lowest BCUT2D eigenvalue weighted by Gasteiger charge is -2.36. The van der Waals surface area contributed by atoms with E-state index in [9.17, 15) is 8.42 Å². The molecule has 3 aromatic rings. The Morgan fingerprint density at radius 2 is 1.69 bits per heavy atom. The van der Waals surface area contributed by atoms with Crippen molar-refractivity contribution < 1.29 is 8.42 Å². The summed E-state index contributed by atoms with van der Waals surface area (Å²) in [6.45, 7) is 10.6. The zero-order valence-electron chi connectivity index (χ0n) is 17.2. The molecule has 6 heteroatoms. The van der Waals surface area contributed by atoms with Crippen molar-refractivity contribution in [2.75, 3.05) is 37.6 Å². The van der Waals surface area contributed by atoms with Gasteiger partial charge >= 0.3 is 0 Å². The third-order valence-corrected chi connectivity index (χ3v) is 7.68. The molecule has 0 bridgehead atoms. The molecule has 1 aliphatic heterocycles. The highest BCUT2D eigenvalue weighted by Gasteiger charge is 2.28. The number of anilines is 1. The molecule has 0 N–H and O–H groups in total. The van der Waals surface area contributed by atoms with Crippen LogP contribution in [0.25, 0.3) is 10.9 Å². The largest absolute Gasteiger partial charge is 0.367 e. The predicted molar refractivity (Wildman–Crippen MR) is 117 cm³/mol. The molecule has 0 amide bonds. The molecular weight excluding hydrogens is 382 g/mol. The van der Waals surface area contributed by atoms with E-state index in [0.29, 0.717) is 9.79 Å². The third kappa shape index (κ3) is 3.63. The first kappa shape index (κ1) is 19.9. The van der Waals surface area contributed by atoms with Gasteiger partial charge in [-0.2, -0.15) is 0 Å². The molecule has 29 heavy (non-hydrogen) atoms. The summed E-state index contributed by atoms with van der Waals surface area (Å²) in [5.74, 6) is 0. The molecule has 1 fully saturated rings. The van der Waals surface area contributed by atoms with Crippen LogP contribution in [0.15, 0.2) is 58.5 Å². The number of benzene rings is 2. The fourth-order valence-electron chi connectivity index (χ4n) is 3.93. The van der Waals surface area contributed by atoms with Crippen LogP contribution in [-0.4, -0.2) is 51.0 Å². The lowest BCUT2D eigenvalue weighted by molar-refractivity contribution is 0.271. The summed E-state index contributed by atoms with van der Waals surface area (Å²) in [4.78, 5) is 9.70. The van der Waals surface area contributed by atoms with E-state index in [2.05, 4.69) is 21.7 Å². The van der Waals surface area contributed by atoms with Gasteiger partial charge in [0.2, 0.25) is 9.84 Å². The number of hydrogen-bond donors (Lipinski definition) is 0. The number of pyridine rings is 1. The zero-order valence-corrected chi connectivity index (χ0v) is 18.0. The number of nitrogens with zero attached hydrogens (tertiary/aromatic N) is 3. The molecule has 0 aliphatic carbocycles. The van der Waals surface area contributed by atoms with Crippen molar-refractivity contribution in [1.29, 1.82) is 0 Å². The number of rotatable bonds is 4. The maximum absolute atomic E-state index is 13.6. The standard InChI is InChI=1S/C23H27N3O2S/c1-4-25-11-13-26(14-12-25)23-20-7-5-6-8-21(20)24-16-22(23)29(27,28)19-10-9-17(2)18(3)15-19/h5-10,15-16H,4,11-14H2,1-3H3. The highest BCUT2D eigenvalue weighted by molar-refractivity contribution is 7.91. The van der Waals surface area contributed by atoms with Crippen molar-refractivity contribution in [1.82, 2.24) is 9.88 Å². The molecule has 1 aliphatic rings. The number of sulfone groups is 1. The fraction of sp³-hybridized carbons (Fsp3) is 0.348. The molecule has 0 saturated carbocycles. The van der Waals surface area contributed by atoms with Crippen LogP contribution in [0.3, 0.4) is 0 Å². The SMILES string of the molecule is CCN1CCN(c2c(S(=O)(=O)c3ccc(C)c(C)c3)cnc3ccccc23)CC1. The number of para-hydroxylation sites is 1. The van der Waals surface area contributed by atoms with Gasteiger partial charge in [-0.1, -0.05) is 31.2 Å². The van der Waals surface area contributed by atoms with Crippen LogP contribution in [0.2, 0.25) is 0 Å². The van der Waals surface area contributed by atoms with Gasteiger partial charge in [-0.25, -0.2) is 8.42 Å². The van der Waals surface area contributed by atoms with E-state index in [1.165, 1.54) is 6.20 Å². The van der Waals surface area contributed by atoms with E-state index in [-0.39, 0.29) is 0 Å². The van der Waals surface area contributed by atoms with Gasteiger partial charge in [0.15, 0.2) is 0 Å². The van der Waals surface area contributed by atoms with Crippen LogP contribution >= 0.6 is 0 Å². The summed E-state index contributed by atoms with van der Waals surface area (Å²) in [7, 11) is -3.69. The molecule has 0 unspecified atom stereocenters. The lowest BCUT2D eigenvalue weighted by atomic mass is 10.1. The number of hydrogen-bond acceptors (Lipinski definition) is 5. The average molecular weight is 410 g/mol. The Balaban J connectivity index is 1.89. The minimum Gasteiger partial charge on any atom is -0.367 e. The van der Waals surface area contributed by atoms with Crippen LogP contribution in [0.1, 0.15) is 18.1 Å². The van der Waals surface area contributed by atoms with E-state index in [0.717, 1.165) is 60.4 Å². The summed E-state index contributed by atoms with van der Waals surface area (Å²) in [5.41, 5.74) is 3.65. The quantitative estimate of drug-likeness (QED) is 0.656. The van der Waals surface area contributed by atoms with Gasteiger partial charge < -0.3 is 9.80 Å². The lowest BCUT2D eigenvalue weighted by Crippen LogP contribution is -2.46. The van der Waals surface area contributed by atoms with Crippen LogP contribution in [0.4, 0.5) is 5.69 Å². The summed E-state index contributed by atoms with van der Waals surface area (Å²) in [5, 5.41) is 0.891. The molecule has 4 rings (SSSR count).